The third-order valence-electron chi connectivity index (χ3n) is 6.15. The van der Waals surface area contributed by atoms with Crippen molar-refractivity contribution in [1.29, 1.82) is 0 Å². The summed E-state index contributed by atoms with van der Waals surface area (Å²) in [4.78, 5) is 34.1. The molecule has 2 unspecified atom stereocenters. The summed E-state index contributed by atoms with van der Waals surface area (Å²) in [5.41, 5.74) is 0. The Hall–Kier alpha value is -2.77. The summed E-state index contributed by atoms with van der Waals surface area (Å²) in [5, 5.41) is 0. The highest BCUT2D eigenvalue weighted by molar-refractivity contribution is 7.47. The van der Waals surface area contributed by atoms with Gasteiger partial charge >= 0.3 is 19.8 Å². The average Bonchev–Trinajstić information content (AvgIpc) is 3.03. The van der Waals surface area contributed by atoms with Crippen molar-refractivity contribution in [2.24, 2.45) is 0 Å². The number of allylic oxidation sites excluding steroid dienone is 14. The van der Waals surface area contributed by atoms with Crippen LogP contribution in [0.4, 0.5) is 0 Å². The summed E-state index contributed by atoms with van der Waals surface area (Å²) in [6.45, 7) is 3.52. The van der Waals surface area contributed by atoms with Crippen LogP contribution in [0.1, 0.15) is 104 Å². The van der Waals surface area contributed by atoms with Gasteiger partial charge in [-0.2, -0.15) is 0 Å². The van der Waals surface area contributed by atoms with Gasteiger partial charge in [0.05, 0.1) is 6.61 Å². The number of carbonyl (C=O) groups is 2. The first-order valence-electron chi connectivity index (χ1n) is 16.3. The van der Waals surface area contributed by atoms with Crippen molar-refractivity contribution in [3.8, 4) is 0 Å². The molecule has 2 atom stereocenters. The van der Waals surface area contributed by atoms with E-state index >= 15 is 0 Å². The molecule has 254 valence electrons. The zero-order chi connectivity index (χ0) is 33.3. The number of hydrogen-bond acceptors (Lipinski definition) is 7. The van der Waals surface area contributed by atoms with E-state index in [1.807, 2.05) is 12.2 Å². The van der Waals surface area contributed by atoms with E-state index < -0.39 is 32.5 Å². The number of esters is 2. The second-order valence-electron chi connectivity index (χ2n) is 10.2. The van der Waals surface area contributed by atoms with Gasteiger partial charge in [-0.05, 0) is 70.6 Å². The summed E-state index contributed by atoms with van der Waals surface area (Å²) in [5.74, 6) is -0.947. The summed E-state index contributed by atoms with van der Waals surface area (Å²) >= 11 is 0. The summed E-state index contributed by atoms with van der Waals surface area (Å²) < 4.78 is 31.6. The smallest absolute Gasteiger partial charge is 0.462 e. The number of carbonyl (C=O) groups excluding carboxylic acids is 2. The standard InChI is InChI=1S/C36H57O8P/c1-4-6-8-10-12-14-16-18-20-22-24-26-28-30-35(37)42-32-34(33-43-45(39,40)41-3)44-36(38)31-29-27-25-23-21-19-17-15-13-11-9-7-5-2/h6-9,12-15,18-21,25,27,34H,4-5,10-11,16-17,22-24,26,28-33H2,1-3H3,(H,39,40)/b8-6-,9-7-,14-12-,15-13-,20-18-,21-19-,27-25-. The van der Waals surface area contributed by atoms with Gasteiger partial charge in [0, 0.05) is 20.0 Å². The Morgan fingerprint density at radius 1 is 0.622 bits per heavy atom. The Kier molecular flexibility index (Phi) is 29.3. The van der Waals surface area contributed by atoms with Gasteiger partial charge < -0.3 is 14.4 Å². The molecule has 0 amide bonds. The number of phosphoric acid groups is 1. The highest BCUT2D eigenvalue weighted by atomic mass is 31.2. The van der Waals surface area contributed by atoms with Crippen LogP contribution < -0.4 is 0 Å². The molecular formula is C36H57O8P. The van der Waals surface area contributed by atoms with E-state index in [9.17, 15) is 19.0 Å². The molecule has 0 aliphatic rings. The normalized spacial score (nSPS) is 14.7. The molecule has 0 aromatic heterocycles. The summed E-state index contributed by atoms with van der Waals surface area (Å²) in [6.07, 6.45) is 39.4. The topological polar surface area (TPSA) is 108 Å². The second kappa shape index (κ2) is 31.2. The molecule has 0 heterocycles. The van der Waals surface area contributed by atoms with Crippen molar-refractivity contribution in [1.82, 2.24) is 0 Å². The Balaban J connectivity index is 4.33. The first-order chi connectivity index (χ1) is 21.8. The Labute approximate surface area is 272 Å². The van der Waals surface area contributed by atoms with Crippen molar-refractivity contribution < 1.29 is 37.6 Å². The Morgan fingerprint density at radius 3 is 1.62 bits per heavy atom. The molecular weight excluding hydrogens is 591 g/mol. The lowest BCUT2D eigenvalue weighted by molar-refractivity contribution is -0.161. The van der Waals surface area contributed by atoms with Gasteiger partial charge in [-0.3, -0.25) is 18.6 Å². The number of ether oxygens (including phenoxy) is 2. The van der Waals surface area contributed by atoms with E-state index in [1.165, 1.54) is 0 Å². The maximum atomic E-state index is 12.3. The Morgan fingerprint density at radius 2 is 1.11 bits per heavy atom. The molecule has 9 heteroatoms. The van der Waals surface area contributed by atoms with Crippen LogP contribution in [0.3, 0.4) is 0 Å². The molecule has 1 N–H and O–H groups in total. The van der Waals surface area contributed by atoms with Crippen molar-refractivity contribution in [2.75, 3.05) is 20.3 Å². The van der Waals surface area contributed by atoms with Gasteiger partial charge in [0.25, 0.3) is 0 Å². The minimum absolute atomic E-state index is 0.112. The largest absolute Gasteiger partial charge is 0.472 e. The van der Waals surface area contributed by atoms with Gasteiger partial charge in [0.2, 0.25) is 0 Å². The molecule has 0 fully saturated rings. The first kappa shape index (κ1) is 42.2. The lowest BCUT2D eigenvalue weighted by atomic mass is 10.1. The molecule has 45 heavy (non-hydrogen) atoms. The third kappa shape index (κ3) is 31.0. The molecule has 0 spiro atoms. The van der Waals surface area contributed by atoms with Crippen LogP contribution in [0.2, 0.25) is 0 Å². The fourth-order valence-corrected chi connectivity index (χ4v) is 4.14. The van der Waals surface area contributed by atoms with Crippen LogP contribution in [0.15, 0.2) is 85.1 Å². The second-order valence-corrected chi connectivity index (χ2v) is 11.7. The molecule has 0 saturated heterocycles. The van der Waals surface area contributed by atoms with E-state index in [0.717, 1.165) is 71.3 Å². The summed E-state index contributed by atoms with van der Waals surface area (Å²) in [7, 11) is -3.25. The van der Waals surface area contributed by atoms with Crippen LogP contribution in [0.5, 0.6) is 0 Å². The van der Waals surface area contributed by atoms with Crippen LogP contribution in [-0.4, -0.2) is 43.3 Å². The maximum Gasteiger partial charge on any atom is 0.472 e. The highest BCUT2D eigenvalue weighted by Crippen LogP contribution is 2.42. The van der Waals surface area contributed by atoms with Crippen LogP contribution in [0.25, 0.3) is 0 Å². The van der Waals surface area contributed by atoms with Crippen molar-refractivity contribution in [3.63, 3.8) is 0 Å². The Bertz CT molecular complexity index is 1010. The minimum atomic E-state index is -4.28. The average molecular weight is 649 g/mol. The van der Waals surface area contributed by atoms with Gasteiger partial charge in [0.1, 0.15) is 6.61 Å². The van der Waals surface area contributed by atoms with Crippen molar-refractivity contribution >= 4 is 19.8 Å². The van der Waals surface area contributed by atoms with Gasteiger partial charge in [-0.15, -0.1) is 0 Å². The molecule has 8 nitrogen and oxygen atoms in total. The zero-order valence-corrected chi connectivity index (χ0v) is 28.6. The first-order valence-corrected chi connectivity index (χ1v) is 17.8. The number of rotatable bonds is 28. The van der Waals surface area contributed by atoms with Crippen molar-refractivity contribution in [3.05, 3.63) is 85.1 Å². The van der Waals surface area contributed by atoms with E-state index in [1.54, 1.807) is 0 Å². The number of hydrogen-bond donors (Lipinski definition) is 1. The molecule has 0 bridgehead atoms. The van der Waals surface area contributed by atoms with E-state index in [2.05, 4.69) is 91.3 Å². The molecule has 0 aliphatic heterocycles. The fourth-order valence-electron chi connectivity index (χ4n) is 3.68. The lowest BCUT2D eigenvalue weighted by Crippen LogP contribution is -2.29. The maximum absolute atomic E-state index is 12.3. The van der Waals surface area contributed by atoms with Crippen molar-refractivity contribution in [2.45, 2.75) is 110 Å². The molecule has 0 rings (SSSR count). The molecule has 0 saturated carbocycles. The third-order valence-corrected chi connectivity index (χ3v) is 7.09. The molecule has 0 aromatic rings. The number of phosphoric ester groups is 1. The van der Waals surface area contributed by atoms with Gasteiger partial charge in [-0.1, -0.05) is 105 Å². The molecule has 0 aliphatic carbocycles. The van der Waals surface area contributed by atoms with E-state index in [4.69, 9.17) is 14.0 Å². The monoisotopic (exact) mass is 648 g/mol. The van der Waals surface area contributed by atoms with Crippen LogP contribution >= 0.6 is 7.82 Å². The summed E-state index contributed by atoms with van der Waals surface area (Å²) in [6, 6.07) is 0. The van der Waals surface area contributed by atoms with Crippen LogP contribution in [0, 0.1) is 0 Å². The zero-order valence-electron chi connectivity index (χ0n) is 27.7. The van der Waals surface area contributed by atoms with Gasteiger partial charge in [-0.25, -0.2) is 4.57 Å². The fraction of sp³-hybridized carbons (Fsp3) is 0.556. The van der Waals surface area contributed by atoms with E-state index in [-0.39, 0.29) is 19.4 Å². The lowest BCUT2D eigenvalue weighted by Gasteiger charge is -2.19. The molecule has 0 radical (unpaired) electrons. The van der Waals surface area contributed by atoms with Gasteiger partial charge in [0.15, 0.2) is 6.10 Å². The highest BCUT2D eigenvalue weighted by Gasteiger charge is 2.24. The molecule has 0 aromatic carbocycles. The quantitative estimate of drug-likeness (QED) is 0.0387. The SMILES string of the molecule is CC/C=C\C/C=C\C/C=C\C/C=C\CCC(=O)OC(COC(=O)CCCCC/C=C\C/C=C\C/C=C\CC)COP(=O)(O)OC. The number of unbranched alkanes of at least 4 members (excludes halogenated alkanes) is 3. The predicted octanol–water partition coefficient (Wildman–Crippen LogP) is 9.60. The van der Waals surface area contributed by atoms with E-state index in [0.29, 0.717) is 12.8 Å². The minimum Gasteiger partial charge on any atom is -0.462 e. The van der Waals surface area contributed by atoms with Crippen LogP contribution in [-0.2, 0) is 32.7 Å². The predicted molar refractivity (Wildman–Crippen MR) is 184 cm³/mol.